The highest BCUT2D eigenvalue weighted by Crippen LogP contribution is 2.41. The fourth-order valence-electron chi connectivity index (χ4n) is 1.62. The molecule has 0 fully saturated rings. The SMILES string of the molecule is Cc1cc(Br)cc(C(Cl)c2cc(Cl)sc2Cl)c1. The molecule has 2 rings (SSSR count). The second-order valence-electron chi connectivity index (χ2n) is 3.70. The van der Waals surface area contributed by atoms with Gasteiger partial charge in [0.25, 0.3) is 0 Å². The van der Waals surface area contributed by atoms with Gasteiger partial charge < -0.3 is 0 Å². The van der Waals surface area contributed by atoms with Crippen LogP contribution in [-0.2, 0) is 0 Å². The van der Waals surface area contributed by atoms with E-state index in [1.165, 1.54) is 11.3 Å². The predicted octanol–water partition coefficient (Wildman–Crippen LogP) is 6.45. The normalized spacial score (nSPS) is 12.8. The molecule has 0 radical (unpaired) electrons. The lowest BCUT2D eigenvalue weighted by molar-refractivity contribution is 1.14. The molecule has 1 aromatic carbocycles. The van der Waals surface area contributed by atoms with Crippen LogP contribution < -0.4 is 0 Å². The molecule has 1 aromatic heterocycles. The zero-order chi connectivity index (χ0) is 12.6. The summed E-state index contributed by atoms with van der Waals surface area (Å²) in [6, 6.07) is 7.90. The van der Waals surface area contributed by atoms with Gasteiger partial charge in [0.1, 0.15) is 0 Å². The van der Waals surface area contributed by atoms with E-state index in [4.69, 9.17) is 34.8 Å². The standard InChI is InChI=1S/C12H8BrCl3S/c1-6-2-7(4-8(13)3-6)11(15)9-5-10(14)17-12(9)16/h2-5,11H,1H3. The van der Waals surface area contributed by atoms with Crippen molar-refractivity contribution >= 4 is 62.1 Å². The molecule has 2 aromatic rings. The van der Waals surface area contributed by atoms with Gasteiger partial charge in [0, 0.05) is 10.0 Å². The molecule has 0 amide bonds. The van der Waals surface area contributed by atoms with Crippen molar-refractivity contribution in [2.24, 2.45) is 0 Å². The van der Waals surface area contributed by atoms with Crippen LogP contribution in [0.3, 0.4) is 0 Å². The molecule has 0 spiro atoms. The maximum Gasteiger partial charge on any atom is 0.0994 e. The molecule has 0 aliphatic carbocycles. The maximum atomic E-state index is 6.44. The van der Waals surface area contributed by atoms with Crippen LogP contribution in [-0.4, -0.2) is 0 Å². The predicted molar refractivity (Wildman–Crippen MR) is 80.9 cm³/mol. The number of hydrogen-bond acceptors (Lipinski definition) is 1. The summed E-state index contributed by atoms with van der Waals surface area (Å²) < 4.78 is 2.31. The molecule has 1 heterocycles. The quantitative estimate of drug-likeness (QED) is 0.533. The highest BCUT2D eigenvalue weighted by Gasteiger charge is 2.17. The first-order chi connectivity index (χ1) is 7.97. The van der Waals surface area contributed by atoms with Gasteiger partial charge in [-0.05, 0) is 36.2 Å². The molecule has 0 bridgehead atoms. The third kappa shape index (κ3) is 3.18. The molecule has 0 aliphatic rings. The Morgan fingerprint density at radius 1 is 1.18 bits per heavy atom. The molecule has 1 atom stereocenters. The Morgan fingerprint density at radius 3 is 2.41 bits per heavy atom. The number of alkyl halides is 1. The minimum absolute atomic E-state index is 0.276. The fourth-order valence-corrected chi connectivity index (χ4v) is 4.19. The largest absolute Gasteiger partial charge is 0.112 e. The Morgan fingerprint density at radius 2 is 1.88 bits per heavy atom. The number of rotatable bonds is 2. The van der Waals surface area contributed by atoms with E-state index in [1.54, 1.807) is 0 Å². The van der Waals surface area contributed by atoms with E-state index in [2.05, 4.69) is 15.9 Å². The number of aryl methyl sites for hydroxylation is 1. The molecule has 17 heavy (non-hydrogen) atoms. The Hall–Kier alpha value is 0.270. The van der Waals surface area contributed by atoms with Gasteiger partial charge in [-0.2, -0.15) is 0 Å². The van der Waals surface area contributed by atoms with Gasteiger partial charge in [-0.3, -0.25) is 0 Å². The second-order valence-corrected chi connectivity index (χ2v) is 7.34. The summed E-state index contributed by atoms with van der Waals surface area (Å²) in [7, 11) is 0. The number of thiophene rings is 1. The number of halogens is 4. The van der Waals surface area contributed by atoms with Crippen molar-refractivity contribution in [3.05, 3.63) is 54.1 Å². The van der Waals surface area contributed by atoms with Crippen LogP contribution in [0.1, 0.15) is 22.1 Å². The van der Waals surface area contributed by atoms with E-state index >= 15 is 0 Å². The molecule has 5 heteroatoms. The van der Waals surface area contributed by atoms with Gasteiger partial charge in [0.2, 0.25) is 0 Å². The van der Waals surface area contributed by atoms with Crippen LogP contribution in [0.15, 0.2) is 28.7 Å². The Labute approximate surface area is 128 Å². The lowest BCUT2D eigenvalue weighted by Crippen LogP contribution is -1.93. The van der Waals surface area contributed by atoms with Crippen molar-refractivity contribution in [1.29, 1.82) is 0 Å². The third-order valence-corrected chi connectivity index (χ3v) is 4.78. The summed E-state index contributed by atoms with van der Waals surface area (Å²) in [5, 5.41) is -0.276. The molecule has 90 valence electrons. The zero-order valence-electron chi connectivity index (χ0n) is 8.81. The summed E-state index contributed by atoms with van der Waals surface area (Å²) in [5.74, 6) is 0. The molecule has 1 unspecified atom stereocenters. The first-order valence-corrected chi connectivity index (χ1v) is 7.63. The van der Waals surface area contributed by atoms with Gasteiger partial charge in [0.15, 0.2) is 0 Å². The van der Waals surface area contributed by atoms with Crippen LogP contribution in [0, 0.1) is 6.92 Å². The van der Waals surface area contributed by atoms with Gasteiger partial charge in [0.05, 0.1) is 14.0 Å². The average molecular weight is 371 g/mol. The van der Waals surface area contributed by atoms with Gasteiger partial charge in [-0.25, -0.2) is 0 Å². The molecule has 0 saturated carbocycles. The number of benzene rings is 1. The lowest BCUT2D eigenvalue weighted by Gasteiger charge is -2.10. The topological polar surface area (TPSA) is 0 Å². The Balaban J connectivity index is 2.43. The summed E-state index contributed by atoms with van der Waals surface area (Å²) in [6.07, 6.45) is 0. The first kappa shape index (κ1) is 13.7. The van der Waals surface area contributed by atoms with Gasteiger partial charge in [-0.1, -0.05) is 45.2 Å². The van der Waals surface area contributed by atoms with Crippen molar-refractivity contribution in [3.63, 3.8) is 0 Å². The van der Waals surface area contributed by atoms with Crippen molar-refractivity contribution in [2.75, 3.05) is 0 Å². The van der Waals surface area contributed by atoms with E-state index < -0.39 is 0 Å². The van der Waals surface area contributed by atoms with E-state index in [1.807, 2.05) is 31.2 Å². The minimum atomic E-state index is -0.276. The molecule has 0 nitrogen and oxygen atoms in total. The highest BCUT2D eigenvalue weighted by molar-refractivity contribution is 9.10. The summed E-state index contributed by atoms with van der Waals surface area (Å²) in [6.45, 7) is 2.03. The molecule has 0 saturated heterocycles. The van der Waals surface area contributed by atoms with Crippen molar-refractivity contribution in [1.82, 2.24) is 0 Å². The summed E-state index contributed by atoms with van der Waals surface area (Å²) in [5.41, 5.74) is 3.02. The summed E-state index contributed by atoms with van der Waals surface area (Å²) in [4.78, 5) is 0. The smallest absolute Gasteiger partial charge is 0.0994 e. The second kappa shape index (κ2) is 5.50. The molecule has 0 aliphatic heterocycles. The van der Waals surface area contributed by atoms with Crippen molar-refractivity contribution in [3.8, 4) is 0 Å². The van der Waals surface area contributed by atoms with Crippen molar-refractivity contribution in [2.45, 2.75) is 12.3 Å². The van der Waals surface area contributed by atoms with Crippen LogP contribution in [0.5, 0.6) is 0 Å². The van der Waals surface area contributed by atoms with E-state index in [0.717, 1.165) is 21.2 Å². The van der Waals surface area contributed by atoms with E-state index in [-0.39, 0.29) is 5.38 Å². The Bertz CT molecular complexity index is 530. The minimum Gasteiger partial charge on any atom is -0.112 e. The molecular weight excluding hydrogens is 362 g/mol. The Kier molecular flexibility index (Phi) is 4.43. The molecule has 0 N–H and O–H groups in total. The lowest BCUT2D eigenvalue weighted by atomic mass is 10.1. The fraction of sp³-hybridized carbons (Fsp3) is 0.167. The van der Waals surface area contributed by atoms with E-state index in [0.29, 0.717) is 8.67 Å². The average Bonchev–Trinajstić information content (AvgIpc) is 2.55. The third-order valence-electron chi connectivity index (χ3n) is 2.31. The first-order valence-electron chi connectivity index (χ1n) is 4.83. The maximum absolute atomic E-state index is 6.44. The number of hydrogen-bond donors (Lipinski definition) is 0. The summed E-state index contributed by atoms with van der Waals surface area (Å²) >= 11 is 23.3. The zero-order valence-corrected chi connectivity index (χ0v) is 13.5. The van der Waals surface area contributed by atoms with Crippen LogP contribution in [0.4, 0.5) is 0 Å². The van der Waals surface area contributed by atoms with Crippen molar-refractivity contribution < 1.29 is 0 Å². The monoisotopic (exact) mass is 368 g/mol. The van der Waals surface area contributed by atoms with Crippen LogP contribution >= 0.6 is 62.1 Å². The van der Waals surface area contributed by atoms with Crippen LogP contribution in [0.2, 0.25) is 8.67 Å². The molecular formula is C12H8BrCl3S. The highest BCUT2D eigenvalue weighted by atomic mass is 79.9. The van der Waals surface area contributed by atoms with Gasteiger partial charge >= 0.3 is 0 Å². The van der Waals surface area contributed by atoms with E-state index in [9.17, 15) is 0 Å². The van der Waals surface area contributed by atoms with Crippen LogP contribution in [0.25, 0.3) is 0 Å². The van der Waals surface area contributed by atoms with Gasteiger partial charge in [-0.15, -0.1) is 22.9 Å².